The number of phosphoric ester groups is 1. The molecule has 82 heavy (non-hydrogen) atoms. The largest absolute Gasteiger partial charge is 0.472 e. The average Bonchev–Trinajstić information content (AvgIpc) is 3.47. The van der Waals surface area contributed by atoms with E-state index < -0.39 is 20.0 Å². The van der Waals surface area contributed by atoms with E-state index in [-0.39, 0.29) is 19.1 Å². The SMILES string of the molecule is CC/C=C\C/C=C\C/C=C\C/C=C\C/C=C\C/C=C\C/C=C\C/C=C\C/C=C\CCCCCCCC(=O)NC(COP(=O)(O)OCC[N+](C)(C)C)C(O)/C=C/CC/C=C/CC/C=C/CCCCCCCCCCCCCCCCCCC. The molecule has 1 amide bonds. The minimum atomic E-state index is -4.38. The third-order valence-electron chi connectivity index (χ3n) is 14.0. The molecular formula is C73H126N2O6P+. The number of nitrogens with zero attached hydrogens (tertiary/aromatic N) is 1. The molecule has 0 saturated heterocycles. The van der Waals surface area contributed by atoms with E-state index in [4.69, 9.17) is 9.05 Å². The Hall–Kier alpha value is -3.62. The zero-order valence-electron chi connectivity index (χ0n) is 53.4. The van der Waals surface area contributed by atoms with E-state index in [1.165, 1.54) is 116 Å². The summed E-state index contributed by atoms with van der Waals surface area (Å²) in [5.41, 5.74) is 0. The summed E-state index contributed by atoms with van der Waals surface area (Å²) in [6.45, 7) is 4.66. The van der Waals surface area contributed by atoms with E-state index in [0.717, 1.165) is 122 Å². The van der Waals surface area contributed by atoms with E-state index in [0.29, 0.717) is 17.4 Å². The number of likely N-dealkylation sites (N-methyl/N-ethyl adjacent to an activating group) is 1. The molecule has 9 heteroatoms. The quantitative estimate of drug-likeness (QED) is 0.0243. The van der Waals surface area contributed by atoms with Gasteiger partial charge in [-0.05, 0) is 116 Å². The van der Waals surface area contributed by atoms with Gasteiger partial charge in [0.25, 0.3) is 0 Å². The molecule has 0 bridgehead atoms. The fourth-order valence-electron chi connectivity index (χ4n) is 8.89. The topological polar surface area (TPSA) is 105 Å². The van der Waals surface area contributed by atoms with Crippen molar-refractivity contribution in [1.82, 2.24) is 5.32 Å². The first-order valence-electron chi connectivity index (χ1n) is 33.2. The van der Waals surface area contributed by atoms with Crippen LogP contribution in [-0.2, 0) is 18.4 Å². The van der Waals surface area contributed by atoms with E-state index in [1.807, 2.05) is 27.2 Å². The van der Waals surface area contributed by atoms with Gasteiger partial charge in [0.05, 0.1) is 39.9 Å². The summed E-state index contributed by atoms with van der Waals surface area (Å²) >= 11 is 0. The lowest BCUT2D eigenvalue weighted by Gasteiger charge is -2.25. The number of hydrogen-bond acceptors (Lipinski definition) is 5. The lowest BCUT2D eigenvalue weighted by Crippen LogP contribution is -2.45. The van der Waals surface area contributed by atoms with Crippen LogP contribution in [0.4, 0.5) is 0 Å². The molecule has 0 radical (unpaired) electrons. The molecule has 3 N–H and O–H groups in total. The van der Waals surface area contributed by atoms with Crippen molar-refractivity contribution in [2.24, 2.45) is 0 Å². The number of quaternary nitrogens is 1. The van der Waals surface area contributed by atoms with E-state index in [9.17, 15) is 19.4 Å². The smallest absolute Gasteiger partial charge is 0.387 e. The van der Waals surface area contributed by atoms with Crippen LogP contribution in [0.3, 0.4) is 0 Å². The maximum absolute atomic E-state index is 13.0. The van der Waals surface area contributed by atoms with Crippen LogP contribution in [0, 0.1) is 0 Å². The van der Waals surface area contributed by atoms with Crippen LogP contribution in [0.5, 0.6) is 0 Å². The number of carbonyl (C=O) groups is 1. The molecule has 468 valence electrons. The molecule has 3 unspecified atom stereocenters. The Labute approximate surface area is 506 Å². The van der Waals surface area contributed by atoms with Gasteiger partial charge in [0.15, 0.2) is 0 Å². The number of nitrogens with one attached hydrogen (secondary N) is 1. The maximum atomic E-state index is 13.0. The van der Waals surface area contributed by atoms with E-state index in [2.05, 4.69) is 153 Å². The minimum absolute atomic E-state index is 0.0412. The highest BCUT2D eigenvalue weighted by molar-refractivity contribution is 7.47. The van der Waals surface area contributed by atoms with E-state index >= 15 is 0 Å². The van der Waals surface area contributed by atoms with Crippen LogP contribution in [0.15, 0.2) is 146 Å². The average molecular weight is 1160 g/mol. The number of aliphatic hydroxyl groups excluding tert-OH is 1. The van der Waals surface area contributed by atoms with Gasteiger partial charge in [-0.15, -0.1) is 0 Å². The molecule has 0 saturated carbocycles. The molecule has 0 aromatic carbocycles. The molecule has 0 fully saturated rings. The Balaban J connectivity index is 4.30. The summed E-state index contributed by atoms with van der Waals surface area (Å²) in [5, 5.41) is 13.9. The number of carbonyl (C=O) groups excluding carboxylic acids is 1. The fraction of sp³-hybridized carbons (Fsp3) is 0.658. The molecule has 0 spiro atoms. The van der Waals surface area contributed by atoms with Crippen molar-refractivity contribution < 1.29 is 32.9 Å². The second-order valence-corrected chi connectivity index (χ2v) is 24.5. The number of aliphatic hydroxyl groups is 1. The number of allylic oxidation sites excluding steroid dienone is 23. The molecule has 0 aliphatic carbocycles. The Kier molecular flexibility index (Phi) is 59.2. The summed E-state index contributed by atoms with van der Waals surface area (Å²) in [6, 6.07) is -0.894. The van der Waals surface area contributed by atoms with Gasteiger partial charge in [-0.25, -0.2) is 4.57 Å². The first-order chi connectivity index (χ1) is 40.0. The van der Waals surface area contributed by atoms with Crippen LogP contribution in [-0.4, -0.2) is 73.4 Å². The molecule has 0 rings (SSSR count). The van der Waals surface area contributed by atoms with Gasteiger partial charge in [-0.2, -0.15) is 0 Å². The number of amides is 1. The normalized spacial score (nSPS) is 14.7. The maximum Gasteiger partial charge on any atom is 0.472 e. The van der Waals surface area contributed by atoms with Crippen molar-refractivity contribution in [3.8, 4) is 0 Å². The van der Waals surface area contributed by atoms with Gasteiger partial charge in [0.2, 0.25) is 5.91 Å². The van der Waals surface area contributed by atoms with Gasteiger partial charge in [-0.1, -0.05) is 282 Å². The van der Waals surface area contributed by atoms with Gasteiger partial charge < -0.3 is 19.8 Å². The monoisotopic (exact) mass is 1160 g/mol. The predicted octanol–water partition coefficient (Wildman–Crippen LogP) is 21.2. The first kappa shape index (κ1) is 78.4. The van der Waals surface area contributed by atoms with Crippen LogP contribution in [0.25, 0.3) is 0 Å². The van der Waals surface area contributed by atoms with E-state index in [1.54, 1.807) is 6.08 Å². The molecule has 0 aliphatic heterocycles. The van der Waals surface area contributed by atoms with Crippen LogP contribution < -0.4 is 5.32 Å². The highest BCUT2D eigenvalue weighted by Crippen LogP contribution is 2.43. The Morgan fingerprint density at radius 3 is 1.12 bits per heavy atom. The summed E-state index contributed by atoms with van der Waals surface area (Å²) < 4.78 is 23.7. The second-order valence-electron chi connectivity index (χ2n) is 23.1. The molecular weight excluding hydrogens is 1030 g/mol. The van der Waals surface area contributed by atoms with Gasteiger partial charge in [0.1, 0.15) is 13.2 Å². The zero-order valence-corrected chi connectivity index (χ0v) is 54.3. The molecule has 0 aromatic heterocycles. The summed E-state index contributed by atoms with van der Waals surface area (Å²) in [7, 11) is 1.51. The lowest BCUT2D eigenvalue weighted by molar-refractivity contribution is -0.870. The number of rotatable bonds is 59. The van der Waals surface area contributed by atoms with Crippen molar-refractivity contribution in [3.05, 3.63) is 146 Å². The molecule has 8 nitrogen and oxygen atoms in total. The first-order valence-corrected chi connectivity index (χ1v) is 34.7. The van der Waals surface area contributed by atoms with Crippen molar-refractivity contribution in [2.45, 2.75) is 270 Å². The van der Waals surface area contributed by atoms with Gasteiger partial charge in [-0.3, -0.25) is 13.8 Å². The molecule has 0 aliphatic rings. The number of unbranched alkanes of at least 4 members (excludes halogenated alkanes) is 24. The Morgan fingerprint density at radius 2 is 0.744 bits per heavy atom. The third-order valence-corrected chi connectivity index (χ3v) is 15.0. The van der Waals surface area contributed by atoms with Crippen molar-refractivity contribution in [1.29, 1.82) is 0 Å². The molecule has 0 heterocycles. The molecule has 0 aromatic rings. The Morgan fingerprint density at radius 1 is 0.427 bits per heavy atom. The van der Waals surface area contributed by atoms with Crippen LogP contribution >= 0.6 is 7.82 Å². The standard InChI is InChI=1S/C73H125N2O6P/c1-6-8-10-12-14-16-18-20-22-24-26-28-30-32-34-35-36-37-38-39-41-43-45-47-49-51-53-55-57-59-61-63-65-67-73(77)74-71(70-81-82(78,79)80-69-68-75(3,4)5)72(76)66-64-62-60-58-56-54-52-50-48-46-44-42-40-33-31-29-27-25-23-21-19-17-15-13-11-9-7-2/h8,10,14,16,20,22,26,28,32,34,36-37,39,41,45,47-48,50-51,53,56,58,64,66,71-72,76H,6-7,9,11-13,15,17-19,21,23-25,27,29-31,33,35,38,40,42-44,46,49,52,54-55,57,59-63,65,67-70H2,1-5H3,(H-,74,77,78,79)/p+1/b10-8-,16-14-,22-20-,28-26-,34-32-,37-36-,41-39-,47-45-,50-48+,53-51-,58-56+,66-64+. The van der Waals surface area contributed by atoms with Gasteiger partial charge in [0, 0.05) is 6.42 Å². The third kappa shape index (κ3) is 64.0. The van der Waals surface area contributed by atoms with Crippen molar-refractivity contribution in [2.75, 3.05) is 40.9 Å². The summed E-state index contributed by atoms with van der Waals surface area (Å²) in [6.07, 6.45) is 95.5. The summed E-state index contributed by atoms with van der Waals surface area (Å²) in [5.74, 6) is -0.215. The molecule has 3 atom stereocenters. The van der Waals surface area contributed by atoms with Crippen LogP contribution in [0.1, 0.15) is 258 Å². The number of phosphoric acid groups is 1. The van der Waals surface area contributed by atoms with Gasteiger partial charge >= 0.3 is 7.82 Å². The Bertz CT molecular complexity index is 1840. The fourth-order valence-corrected chi connectivity index (χ4v) is 9.63. The lowest BCUT2D eigenvalue weighted by atomic mass is 10.0. The minimum Gasteiger partial charge on any atom is -0.387 e. The van der Waals surface area contributed by atoms with Crippen molar-refractivity contribution in [3.63, 3.8) is 0 Å². The summed E-state index contributed by atoms with van der Waals surface area (Å²) in [4.78, 5) is 23.4. The second kappa shape index (κ2) is 61.9. The number of hydrogen-bond donors (Lipinski definition) is 3. The highest BCUT2D eigenvalue weighted by Gasteiger charge is 2.27. The van der Waals surface area contributed by atoms with Crippen LogP contribution in [0.2, 0.25) is 0 Å². The zero-order chi connectivity index (χ0) is 59.8. The predicted molar refractivity (Wildman–Crippen MR) is 359 cm³/mol. The van der Waals surface area contributed by atoms with Crippen molar-refractivity contribution >= 4 is 13.7 Å². The highest BCUT2D eigenvalue weighted by atomic mass is 31.2.